The molecule has 0 bridgehead atoms. The number of aryl methyl sites for hydroxylation is 1. The summed E-state index contributed by atoms with van der Waals surface area (Å²) in [6.07, 6.45) is 0.691. The van der Waals surface area contributed by atoms with E-state index >= 15 is 4.39 Å². The summed E-state index contributed by atoms with van der Waals surface area (Å²) in [5.41, 5.74) is 6.91. The minimum absolute atomic E-state index is 0.0753. The summed E-state index contributed by atoms with van der Waals surface area (Å²) in [5.74, 6) is 0.389. The average molecular weight is 822 g/mol. The molecule has 0 atom stereocenters. The molecule has 1 fully saturated rings. The molecule has 2 aliphatic heterocycles. The molecular weight excluding hydrogens is 766 g/mol. The van der Waals surface area contributed by atoms with Crippen LogP contribution in [0.15, 0.2) is 60.7 Å². The van der Waals surface area contributed by atoms with Crippen molar-refractivity contribution in [3.05, 3.63) is 89.0 Å². The number of urea groups is 1. The number of aromatic nitrogens is 4. The molecule has 7 rings (SSSR count). The smallest absolute Gasteiger partial charge is 0.320 e. The molecule has 3 aromatic carbocycles. The minimum atomic E-state index is -1.34. The van der Waals surface area contributed by atoms with Gasteiger partial charge in [0.25, 0.3) is 0 Å². The van der Waals surface area contributed by atoms with Crippen LogP contribution in [0, 0.1) is 23.1 Å². The number of hydrogen-bond acceptors (Lipinski definition) is 7. The summed E-state index contributed by atoms with van der Waals surface area (Å²) in [5, 5.41) is 15.3. The van der Waals surface area contributed by atoms with E-state index < -0.39 is 22.0 Å². The number of fused-ring (bicyclic) bond motifs is 2. The Morgan fingerprint density at radius 1 is 0.914 bits per heavy atom. The number of rotatable bonds is 16. The Hall–Kier alpha value is -4.82. The van der Waals surface area contributed by atoms with Gasteiger partial charge < -0.3 is 28.6 Å². The molecule has 0 aliphatic carbocycles. The first kappa shape index (κ1) is 41.3. The fourth-order valence-corrected chi connectivity index (χ4v) is 8.81. The third-order valence-electron chi connectivity index (χ3n) is 10.9. The first-order valence-electron chi connectivity index (χ1n) is 20.4. The van der Waals surface area contributed by atoms with Gasteiger partial charge in [-0.25, -0.2) is 18.9 Å². The van der Waals surface area contributed by atoms with E-state index in [4.69, 9.17) is 24.3 Å². The Balaban J connectivity index is 1.24. The molecule has 2 amide bonds. The third-order valence-corrected chi connectivity index (χ3v) is 14.3. The van der Waals surface area contributed by atoms with Crippen molar-refractivity contribution in [2.45, 2.75) is 97.9 Å². The predicted molar refractivity (Wildman–Crippen MR) is 230 cm³/mol. The molecule has 0 saturated carbocycles. The normalized spacial score (nSPS) is 14.5. The van der Waals surface area contributed by atoms with Gasteiger partial charge in [0.15, 0.2) is 17.4 Å². The minimum Gasteiger partial charge on any atom is -0.486 e. The molecule has 1 saturated heterocycles. The maximum Gasteiger partial charge on any atom is 0.320 e. The van der Waals surface area contributed by atoms with Crippen molar-refractivity contribution in [1.82, 2.24) is 29.1 Å². The zero-order valence-electron chi connectivity index (χ0n) is 35.0. The first-order chi connectivity index (χ1) is 27.7. The summed E-state index contributed by atoms with van der Waals surface area (Å²) in [6.45, 7) is 19.8. The average Bonchev–Trinajstić information content (AvgIpc) is 3.85. The highest BCUT2D eigenvalue weighted by atomic mass is 28.3. The van der Waals surface area contributed by atoms with Gasteiger partial charge in [-0.3, -0.25) is 0 Å². The van der Waals surface area contributed by atoms with Gasteiger partial charge in [0.1, 0.15) is 25.8 Å². The van der Waals surface area contributed by atoms with Crippen molar-refractivity contribution in [3.8, 4) is 34.5 Å². The number of halogens is 1. The van der Waals surface area contributed by atoms with E-state index in [1.54, 1.807) is 15.9 Å². The van der Waals surface area contributed by atoms with E-state index in [-0.39, 0.29) is 37.8 Å². The van der Waals surface area contributed by atoms with Crippen LogP contribution in [0.1, 0.15) is 29.4 Å². The fraction of sp³-hybridized carbons (Fsp3) is 0.455. The molecule has 5 aromatic rings. The molecule has 11 nitrogen and oxygen atoms in total. The molecule has 0 spiro atoms. The van der Waals surface area contributed by atoms with E-state index in [0.29, 0.717) is 57.3 Å². The number of likely N-dealkylation sites (tertiary alicyclic amines) is 1. The highest BCUT2D eigenvalue weighted by Gasteiger charge is 2.38. The molecule has 2 aromatic heterocycles. The van der Waals surface area contributed by atoms with Crippen LogP contribution in [0.2, 0.25) is 51.4 Å². The van der Waals surface area contributed by atoms with E-state index in [1.165, 1.54) is 0 Å². The number of benzene rings is 3. The van der Waals surface area contributed by atoms with Crippen LogP contribution >= 0.6 is 0 Å². The van der Waals surface area contributed by atoms with Crippen LogP contribution in [0.3, 0.4) is 0 Å². The number of amides is 2. The number of nitriles is 1. The lowest BCUT2D eigenvalue weighted by Crippen LogP contribution is -2.53. The molecule has 0 N–H and O–H groups in total. The Kier molecular flexibility index (Phi) is 12.3. The topological polar surface area (TPSA) is 111 Å². The lowest BCUT2D eigenvalue weighted by molar-refractivity contribution is 0.0811. The molecule has 58 heavy (non-hydrogen) atoms. The highest BCUT2D eigenvalue weighted by molar-refractivity contribution is 6.76. The van der Waals surface area contributed by atoms with Crippen molar-refractivity contribution < 1.29 is 23.4 Å². The van der Waals surface area contributed by atoms with Crippen LogP contribution in [0.5, 0.6) is 5.75 Å². The van der Waals surface area contributed by atoms with Gasteiger partial charge in [0.05, 0.1) is 42.0 Å². The van der Waals surface area contributed by atoms with E-state index in [1.807, 2.05) is 53.2 Å². The lowest BCUT2D eigenvalue weighted by atomic mass is 9.96. The number of carbonyl (C=O) groups excluding carboxylic acids is 1. The molecule has 14 heteroatoms. The second-order valence-corrected chi connectivity index (χ2v) is 29.2. The van der Waals surface area contributed by atoms with Crippen LogP contribution in [-0.4, -0.2) is 77.6 Å². The van der Waals surface area contributed by atoms with Gasteiger partial charge in [-0.1, -0.05) is 82.6 Å². The third kappa shape index (κ3) is 9.39. The van der Waals surface area contributed by atoms with Crippen molar-refractivity contribution >= 4 is 33.1 Å². The lowest BCUT2D eigenvalue weighted by Gasteiger charge is -2.37. The van der Waals surface area contributed by atoms with Crippen LogP contribution in [-0.2, 0) is 49.1 Å². The van der Waals surface area contributed by atoms with E-state index in [9.17, 15) is 10.1 Å². The van der Waals surface area contributed by atoms with E-state index in [0.717, 1.165) is 56.6 Å². The van der Waals surface area contributed by atoms with Gasteiger partial charge in [-0.05, 0) is 65.0 Å². The van der Waals surface area contributed by atoms with Gasteiger partial charge >= 0.3 is 6.03 Å². The van der Waals surface area contributed by atoms with Crippen LogP contribution < -0.4 is 4.74 Å². The second kappa shape index (κ2) is 17.2. The molecule has 4 heterocycles. The predicted octanol–water partition coefficient (Wildman–Crippen LogP) is 9.36. The largest absolute Gasteiger partial charge is 0.486 e. The molecule has 0 radical (unpaired) electrons. The number of imidazole rings is 1. The Morgan fingerprint density at radius 3 is 2.29 bits per heavy atom. The first-order valence-corrected chi connectivity index (χ1v) is 27.8. The Labute approximate surface area is 343 Å². The molecule has 0 unspecified atom stereocenters. The SMILES string of the molecule is CCc1cc(OCc2ccccc2)c(F)cc1-c1ccc2c(-c3nc4c(n3COCC[Si](C)(C)C)CN(C(=O)N3CC(C#N)C3)C4)nn(COCC[Si](C)(C)C)c2c1. The number of hydrogen-bond donors (Lipinski definition) is 0. The maximum absolute atomic E-state index is 15.8. The van der Waals surface area contributed by atoms with Gasteiger partial charge in [-0.2, -0.15) is 10.4 Å². The standard InChI is InChI=1S/C44H56FN7O4Si2/c1-8-33-21-41(56-28-31-12-10-9-11-13-31)37(45)22-36(33)34-14-15-35-39(20-34)52(30-55-17-19-58(5,6)7)48-42(35)43-47-38-26-50(44(53)49-24-32(23-46)25-49)27-40(38)51(43)29-54-16-18-57(2,3)4/h9-15,20-22,32H,8,16-19,24-30H2,1-7H3. The Morgan fingerprint density at radius 2 is 1.62 bits per heavy atom. The van der Waals surface area contributed by atoms with Crippen molar-refractivity contribution in [1.29, 1.82) is 5.26 Å². The van der Waals surface area contributed by atoms with Gasteiger partial charge in [-0.15, -0.1) is 0 Å². The van der Waals surface area contributed by atoms with Crippen molar-refractivity contribution in [2.24, 2.45) is 5.92 Å². The molecule has 306 valence electrons. The van der Waals surface area contributed by atoms with Crippen molar-refractivity contribution in [3.63, 3.8) is 0 Å². The Bertz CT molecular complexity index is 2300. The molecule has 2 aliphatic rings. The van der Waals surface area contributed by atoms with Gasteiger partial charge in [0.2, 0.25) is 0 Å². The monoisotopic (exact) mass is 821 g/mol. The van der Waals surface area contributed by atoms with Crippen LogP contribution in [0.25, 0.3) is 33.5 Å². The number of carbonyl (C=O) groups is 1. The van der Waals surface area contributed by atoms with Crippen LogP contribution in [0.4, 0.5) is 9.18 Å². The summed E-state index contributed by atoms with van der Waals surface area (Å²) >= 11 is 0. The highest BCUT2D eigenvalue weighted by Crippen LogP contribution is 2.37. The zero-order valence-corrected chi connectivity index (χ0v) is 37.0. The quantitative estimate of drug-likeness (QED) is 0.0721. The van der Waals surface area contributed by atoms with E-state index in [2.05, 4.69) is 62.9 Å². The second-order valence-electron chi connectivity index (χ2n) is 18.0. The number of nitrogens with zero attached hydrogens (tertiary/aromatic N) is 7. The van der Waals surface area contributed by atoms with Gasteiger partial charge in [0, 0.05) is 47.8 Å². The summed E-state index contributed by atoms with van der Waals surface area (Å²) in [4.78, 5) is 22.1. The fourth-order valence-electron chi connectivity index (χ4n) is 7.30. The maximum atomic E-state index is 15.8. The number of ether oxygens (including phenoxy) is 3. The summed E-state index contributed by atoms with van der Waals surface area (Å²) < 4.78 is 38.3. The summed E-state index contributed by atoms with van der Waals surface area (Å²) in [7, 11) is -2.67. The zero-order chi connectivity index (χ0) is 41.2. The summed E-state index contributed by atoms with van der Waals surface area (Å²) in [6, 6.07) is 23.5. The van der Waals surface area contributed by atoms with Crippen molar-refractivity contribution in [2.75, 3.05) is 26.3 Å². The molecular formula is C44H56FN7O4Si2.